The molecule has 0 aliphatic heterocycles. The Kier molecular flexibility index (Phi) is 3.61. The Morgan fingerprint density at radius 1 is 1.38 bits per heavy atom. The summed E-state index contributed by atoms with van der Waals surface area (Å²) in [5.41, 5.74) is 4.35. The molecule has 0 amide bonds. The van der Waals surface area contributed by atoms with Gasteiger partial charge in [-0.3, -0.25) is 0 Å². The van der Waals surface area contributed by atoms with Crippen molar-refractivity contribution in [1.29, 1.82) is 0 Å². The molecule has 2 heteroatoms. The Morgan fingerprint density at radius 3 is 2.85 bits per heavy atom. The van der Waals surface area contributed by atoms with Crippen LogP contribution in [-0.4, -0.2) is 29.1 Å². The van der Waals surface area contributed by atoms with E-state index in [0.717, 1.165) is 5.92 Å². The van der Waals surface area contributed by atoms with Gasteiger partial charge in [0.15, 0.2) is 0 Å². The first-order valence-corrected chi connectivity index (χ1v) is 6.01. The monoisotopic (exact) mass is 182 g/mol. The normalized spacial score (nSPS) is 18.4. The third-order valence-electron chi connectivity index (χ3n) is 2.59. The Bertz CT molecular complexity index is 331. The summed E-state index contributed by atoms with van der Waals surface area (Å²) >= 11 is 0. The predicted octanol–water partition coefficient (Wildman–Crippen LogP) is 1.24. The minimum atomic E-state index is 0. The molecule has 0 nitrogen and oxygen atoms in total. The van der Waals surface area contributed by atoms with Crippen LogP contribution in [0.3, 0.4) is 0 Å². The Morgan fingerprint density at radius 2 is 2.15 bits per heavy atom. The molecule has 1 atom stereocenters. The molecule has 0 fully saturated rings. The van der Waals surface area contributed by atoms with E-state index in [4.69, 9.17) is 0 Å². The van der Waals surface area contributed by atoms with E-state index in [1.807, 2.05) is 0 Å². The number of hydrogen-bond donors (Lipinski definition) is 0. The van der Waals surface area contributed by atoms with Crippen molar-refractivity contribution in [2.45, 2.75) is 18.9 Å². The van der Waals surface area contributed by atoms with Gasteiger partial charge in [-0.25, -0.2) is 0 Å². The fourth-order valence-electron chi connectivity index (χ4n) is 1.86. The van der Waals surface area contributed by atoms with Gasteiger partial charge >= 0.3 is 18.9 Å². The summed E-state index contributed by atoms with van der Waals surface area (Å²) in [7, 11) is 1.30. The molecule has 1 aliphatic carbocycles. The van der Waals surface area contributed by atoms with Gasteiger partial charge in [0.2, 0.25) is 0 Å². The molecule has 1 aliphatic rings. The second kappa shape index (κ2) is 4.33. The van der Waals surface area contributed by atoms with E-state index in [-0.39, 0.29) is 18.9 Å². The van der Waals surface area contributed by atoms with Gasteiger partial charge in [-0.2, -0.15) is 0 Å². The van der Waals surface area contributed by atoms with E-state index in [9.17, 15) is 0 Å². The molecular weight excluding hydrogens is 167 g/mol. The third kappa shape index (κ3) is 1.99. The maximum atomic E-state index is 2.34. The summed E-state index contributed by atoms with van der Waals surface area (Å²) < 4.78 is 0. The fourth-order valence-corrected chi connectivity index (χ4v) is 2.57. The van der Waals surface area contributed by atoms with Crippen molar-refractivity contribution in [2.24, 2.45) is 0 Å². The van der Waals surface area contributed by atoms with Crippen LogP contribution in [0.25, 0.3) is 6.08 Å². The zero-order valence-corrected chi connectivity index (χ0v) is 9.67. The zero-order chi connectivity index (χ0) is 8.55. The maximum absolute atomic E-state index is 2.34. The van der Waals surface area contributed by atoms with E-state index in [1.165, 1.54) is 33.0 Å². The van der Waals surface area contributed by atoms with E-state index in [2.05, 4.69) is 37.3 Å². The SMILES string of the molecule is Cc1ccc2c(c1)C=CC2C[SiH3].[LiH]. The molecule has 0 heterocycles. The van der Waals surface area contributed by atoms with Gasteiger partial charge < -0.3 is 0 Å². The molecule has 0 saturated heterocycles. The van der Waals surface area contributed by atoms with Gasteiger partial charge in [0.05, 0.1) is 0 Å². The van der Waals surface area contributed by atoms with Crippen LogP contribution < -0.4 is 0 Å². The number of rotatable bonds is 1. The number of aryl methyl sites for hydroxylation is 1. The summed E-state index contributed by atoms with van der Waals surface area (Å²) in [5, 5.41) is 0. The molecule has 1 aromatic rings. The topological polar surface area (TPSA) is 0 Å². The number of fused-ring (bicyclic) bond motifs is 1. The fraction of sp³-hybridized carbons (Fsp3) is 0.273. The average Bonchev–Trinajstić information content (AvgIpc) is 2.46. The molecule has 1 aromatic carbocycles. The van der Waals surface area contributed by atoms with Crippen molar-refractivity contribution in [1.82, 2.24) is 0 Å². The summed E-state index contributed by atoms with van der Waals surface area (Å²) in [6.07, 6.45) is 4.61. The van der Waals surface area contributed by atoms with Crippen molar-refractivity contribution in [3.05, 3.63) is 41.0 Å². The standard InChI is InChI=1S/C11H14Si.Li.H/c1-8-2-5-11-9(6-8)3-4-10(11)7-12;;/h2-6,10H,7H2,1,12H3;;. The Labute approximate surface area is 95.0 Å². The second-order valence-corrected chi connectivity index (χ2v) is 4.32. The zero-order valence-electron chi connectivity index (χ0n) is 7.67. The predicted molar refractivity (Wildman–Crippen MR) is 64.8 cm³/mol. The molecule has 0 saturated carbocycles. The molecule has 64 valence electrons. The number of allylic oxidation sites excluding steroid dienone is 1. The third-order valence-corrected chi connectivity index (χ3v) is 3.47. The molecule has 0 spiro atoms. The van der Waals surface area contributed by atoms with Gasteiger partial charge in [0.25, 0.3) is 0 Å². The average molecular weight is 182 g/mol. The van der Waals surface area contributed by atoms with Crippen LogP contribution in [0.1, 0.15) is 22.6 Å². The van der Waals surface area contributed by atoms with Crippen molar-refractivity contribution >= 4 is 35.2 Å². The van der Waals surface area contributed by atoms with Gasteiger partial charge in [-0.15, -0.1) is 0 Å². The minimum absolute atomic E-state index is 0. The van der Waals surface area contributed by atoms with Crippen LogP contribution in [0.2, 0.25) is 6.04 Å². The number of hydrogen-bond acceptors (Lipinski definition) is 0. The van der Waals surface area contributed by atoms with Crippen LogP contribution in [0.5, 0.6) is 0 Å². The van der Waals surface area contributed by atoms with Gasteiger partial charge in [-0.05, 0) is 24.0 Å². The molecule has 0 N–H and O–H groups in total. The number of benzene rings is 1. The van der Waals surface area contributed by atoms with Crippen LogP contribution in [0, 0.1) is 6.92 Å². The van der Waals surface area contributed by atoms with E-state index in [0.29, 0.717) is 0 Å². The molecular formula is C11H15LiSi. The van der Waals surface area contributed by atoms with Gasteiger partial charge in [0.1, 0.15) is 0 Å². The molecule has 0 bridgehead atoms. The van der Waals surface area contributed by atoms with Gasteiger partial charge in [0, 0.05) is 10.2 Å². The molecule has 1 unspecified atom stereocenters. The summed E-state index contributed by atoms with van der Waals surface area (Å²) in [4.78, 5) is 0. The van der Waals surface area contributed by atoms with Gasteiger partial charge in [-0.1, -0.05) is 42.0 Å². The quantitative estimate of drug-likeness (QED) is 0.573. The molecule has 2 rings (SSSR count). The second-order valence-electron chi connectivity index (χ2n) is 3.51. The van der Waals surface area contributed by atoms with Crippen LogP contribution in [0.4, 0.5) is 0 Å². The van der Waals surface area contributed by atoms with E-state index in [1.54, 1.807) is 0 Å². The van der Waals surface area contributed by atoms with Crippen molar-refractivity contribution in [2.75, 3.05) is 0 Å². The molecule has 0 aromatic heterocycles. The first-order chi connectivity index (χ1) is 5.81. The Hall–Kier alpha value is -0.226. The van der Waals surface area contributed by atoms with Crippen LogP contribution >= 0.6 is 0 Å². The molecule has 0 radical (unpaired) electrons. The molecule has 13 heavy (non-hydrogen) atoms. The summed E-state index contributed by atoms with van der Waals surface area (Å²) in [5.74, 6) is 0.729. The first-order valence-electron chi connectivity index (χ1n) is 4.60. The Balaban J connectivity index is 0.000000845. The van der Waals surface area contributed by atoms with E-state index < -0.39 is 0 Å². The summed E-state index contributed by atoms with van der Waals surface area (Å²) in [6.45, 7) is 2.15. The first kappa shape index (κ1) is 10.9. The van der Waals surface area contributed by atoms with Crippen molar-refractivity contribution in [3.8, 4) is 0 Å². The summed E-state index contributed by atoms with van der Waals surface area (Å²) in [6, 6.07) is 8.14. The van der Waals surface area contributed by atoms with E-state index >= 15 is 0 Å². The van der Waals surface area contributed by atoms with Crippen LogP contribution in [-0.2, 0) is 0 Å². The van der Waals surface area contributed by atoms with Crippen LogP contribution in [0.15, 0.2) is 24.3 Å². The van der Waals surface area contributed by atoms with Crippen molar-refractivity contribution < 1.29 is 0 Å². The van der Waals surface area contributed by atoms with Crippen molar-refractivity contribution in [3.63, 3.8) is 0 Å².